The van der Waals surface area contributed by atoms with Crippen LogP contribution in [0.3, 0.4) is 0 Å². The molecule has 38 valence electrons. The van der Waals surface area contributed by atoms with Crippen LogP contribution in [-0.4, -0.2) is 12.3 Å². The predicted octanol–water partition coefficient (Wildman–Crippen LogP) is 0.591. The van der Waals surface area contributed by atoms with Gasteiger partial charge in [-0.2, -0.15) is 0 Å². The van der Waals surface area contributed by atoms with E-state index in [2.05, 4.69) is 0 Å². The second-order valence-electron chi connectivity index (χ2n) is 0.669. The number of nitrogens with one attached hydrogen (secondary N) is 1. The number of halogens is 3. The highest BCUT2D eigenvalue weighted by Gasteiger charge is 2.26. The zero-order chi connectivity index (χ0) is 5.21. The fourth-order valence-corrected chi connectivity index (χ4v) is 0. The Hall–Kier alpha value is -0.290. The third kappa shape index (κ3) is 3.71. The van der Waals surface area contributed by atoms with Crippen LogP contribution in [0, 0.1) is 0 Å². The summed E-state index contributed by atoms with van der Waals surface area (Å²) in [4.78, 5) is 0. The highest BCUT2D eigenvalue weighted by Crippen LogP contribution is 2.00. The standard InChI is InChI=1S/CH4F3N2/c1-5-6(2,3)4/h5H,1H3/q+1. The van der Waals surface area contributed by atoms with E-state index in [9.17, 15) is 13.4 Å². The summed E-state index contributed by atoms with van der Waals surface area (Å²) in [6, 6.07) is 0. The minimum absolute atomic E-state index is 0.806. The number of rotatable bonds is 1. The molecule has 0 amide bonds. The van der Waals surface area contributed by atoms with E-state index in [4.69, 9.17) is 0 Å². The number of nitrogens with zero attached hydrogens (tertiary/aromatic N) is 1. The van der Waals surface area contributed by atoms with E-state index >= 15 is 0 Å². The van der Waals surface area contributed by atoms with E-state index in [1.165, 1.54) is 0 Å². The van der Waals surface area contributed by atoms with Gasteiger partial charge in [-0.1, -0.05) is 5.43 Å². The van der Waals surface area contributed by atoms with Crippen LogP contribution in [0.1, 0.15) is 0 Å². The van der Waals surface area contributed by atoms with E-state index in [0.29, 0.717) is 0 Å². The topological polar surface area (TPSA) is 12.0 Å². The summed E-state index contributed by atoms with van der Waals surface area (Å²) in [5.74, 6) is 0. The van der Waals surface area contributed by atoms with Gasteiger partial charge < -0.3 is 0 Å². The van der Waals surface area contributed by atoms with Gasteiger partial charge in [0.15, 0.2) is 0 Å². The van der Waals surface area contributed by atoms with Crippen molar-refractivity contribution in [2.75, 3.05) is 7.05 Å². The van der Waals surface area contributed by atoms with E-state index in [0.717, 1.165) is 12.5 Å². The van der Waals surface area contributed by atoms with Gasteiger partial charge in [-0.25, -0.2) is 0 Å². The Bertz CT molecular complexity index is 38.5. The summed E-state index contributed by atoms with van der Waals surface area (Å²) in [5, 5.41) is -3.68. The van der Waals surface area contributed by atoms with Crippen molar-refractivity contribution in [1.29, 1.82) is 0 Å². The quantitative estimate of drug-likeness (QED) is 0.376. The van der Waals surface area contributed by atoms with Gasteiger partial charge in [-0.3, -0.25) is 0 Å². The van der Waals surface area contributed by atoms with Gasteiger partial charge in [0.2, 0.25) is 0 Å². The van der Waals surface area contributed by atoms with Crippen LogP contribution in [0.4, 0.5) is 13.4 Å². The van der Waals surface area contributed by atoms with Gasteiger partial charge in [0.1, 0.15) is 13.4 Å². The first-order valence-electron chi connectivity index (χ1n) is 1.23. The molecule has 0 atom stereocenters. The maximum absolute atomic E-state index is 10.6. The summed E-state index contributed by atoms with van der Waals surface area (Å²) in [7, 11) is 0.806. The Labute approximate surface area is 32.5 Å². The fraction of sp³-hybridized carbons (Fsp3) is 1.00. The summed E-state index contributed by atoms with van der Waals surface area (Å²) >= 11 is 0. The van der Waals surface area contributed by atoms with Gasteiger partial charge in [0.25, 0.3) is 0 Å². The van der Waals surface area contributed by atoms with Crippen molar-refractivity contribution in [1.82, 2.24) is 5.43 Å². The minimum atomic E-state index is -3.68. The average molecular weight is 101 g/mol. The van der Waals surface area contributed by atoms with Crippen LogP contribution in [-0.2, 0) is 0 Å². The molecule has 0 heterocycles. The van der Waals surface area contributed by atoms with Gasteiger partial charge in [0, 0.05) is 7.05 Å². The first-order chi connectivity index (χ1) is 2.56. The monoisotopic (exact) mass is 101 g/mol. The normalized spacial score (nSPS) is 12.0. The maximum atomic E-state index is 10.6. The molecular weight excluding hydrogens is 97.0 g/mol. The SMILES string of the molecule is CN[N+](F)(F)F. The zero-order valence-electron chi connectivity index (χ0n) is 3.08. The predicted molar refractivity (Wildman–Crippen MR) is 12.6 cm³/mol. The van der Waals surface area contributed by atoms with Crippen LogP contribution < -0.4 is 5.43 Å². The Balaban J connectivity index is 3.17. The molecule has 0 aliphatic carbocycles. The molecule has 0 aromatic rings. The average Bonchev–Trinajstić information content (AvgIpc) is 1.35. The van der Waals surface area contributed by atoms with Crippen molar-refractivity contribution in [2.24, 2.45) is 0 Å². The van der Waals surface area contributed by atoms with Crippen molar-refractivity contribution in [2.45, 2.75) is 0 Å². The molecule has 2 nitrogen and oxygen atoms in total. The molecule has 0 rings (SSSR count). The lowest BCUT2D eigenvalue weighted by Gasteiger charge is -1.90. The third-order valence-electron chi connectivity index (χ3n) is 0.254. The van der Waals surface area contributed by atoms with Crippen LogP contribution >= 0.6 is 0 Å². The highest BCUT2D eigenvalue weighted by molar-refractivity contribution is 3.69. The van der Waals surface area contributed by atoms with Crippen LogP contribution in [0.25, 0.3) is 0 Å². The summed E-state index contributed by atoms with van der Waals surface area (Å²) in [6.45, 7) is 0. The number of hydrogen-bond donors (Lipinski definition) is 1. The fourth-order valence-electron chi connectivity index (χ4n) is 0. The van der Waals surface area contributed by atoms with Gasteiger partial charge in [0.05, 0.1) is 0 Å². The summed E-state index contributed by atoms with van der Waals surface area (Å²) in [5.41, 5.74) is 1.04. The lowest BCUT2D eigenvalue weighted by molar-refractivity contribution is -1.30. The molecule has 0 unspecified atom stereocenters. The van der Waals surface area contributed by atoms with Crippen LogP contribution in [0.5, 0.6) is 0 Å². The molecule has 1 N–H and O–H groups in total. The zero-order valence-corrected chi connectivity index (χ0v) is 3.08. The van der Waals surface area contributed by atoms with Crippen molar-refractivity contribution in [3.8, 4) is 0 Å². The summed E-state index contributed by atoms with van der Waals surface area (Å²) in [6.07, 6.45) is 0. The van der Waals surface area contributed by atoms with Crippen molar-refractivity contribution in [3.05, 3.63) is 0 Å². The maximum Gasteiger partial charge on any atom is 0.324 e. The molecule has 6 heavy (non-hydrogen) atoms. The Kier molecular flexibility index (Phi) is 1.37. The van der Waals surface area contributed by atoms with E-state index in [1.54, 1.807) is 0 Å². The Morgan fingerprint density at radius 2 is 1.50 bits per heavy atom. The molecule has 0 aliphatic rings. The smallest absolute Gasteiger partial charge is 0.0513 e. The highest BCUT2D eigenvalue weighted by atomic mass is 19.6. The van der Waals surface area contributed by atoms with Crippen molar-refractivity contribution >= 4 is 0 Å². The first-order valence-corrected chi connectivity index (χ1v) is 1.23. The minimum Gasteiger partial charge on any atom is -0.0513 e. The molecule has 0 bridgehead atoms. The van der Waals surface area contributed by atoms with Gasteiger partial charge in [-0.05, 0) is 0 Å². The van der Waals surface area contributed by atoms with Crippen LogP contribution in [0.15, 0.2) is 0 Å². The molecule has 0 aliphatic heterocycles. The lowest BCUT2D eigenvalue weighted by Crippen LogP contribution is -2.32. The Morgan fingerprint density at radius 1 is 1.33 bits per heavy atom. The van der Waals surface area contributed by atoms with Crippen molar-refractivity contribution < 1.29 is 18.7 Å². The number of quaternary nitrogens is 1. The van der Waals surface area contributed by atoms with Gasteiger partial charge >= 0.3 is 5.26 Å². The van der Waals surface area contributed by atoms with E-state index in [1.807, 2.05) is 0 Å². The van der Waals surface area contributed by atoms with Gasteiger partial charge in [-0.15, -0.1) is 0 Å². The molecule has 0 saturated heterocycles. The third-order valence-corrected chi connectivity index (χ3v) is 0.254. The van der Waals surface area contributed by atoms with Crippen molar-refractivity contribution in [3.63, 3.8) is 0 Å². The molecule has 0 spiro atoms. The van der Waals surface area contributed by atoms with E-state index < -0.39 is 5.26 Å². The molecule has 0 fully saturated rings. The molecule has 0 saturated carbocycles. The second-order valence-corrected chi connectivity index (χ2v) is 0.669. The van der Waals surface area contributed by atoms with Crippen LogP contribution in [0.2, 0.25) is 0 Å². The molecule has 0 aromatic heterocycles. The molecule has 0 radical (unpaired) electrons. The molecule has 5 heteroatoms. The molecule has 0 aromatic carbocycles. The largest absolute Gasteiger partial charge is 0.324 e. The number of hydrogen-bond acceptors (Lipinski definition) is 1. The lowest BCUT2D eigenvalue weighted by atomic mass is 11.5. The Morgan fingerprint density at radius 3 is 1.50 bits per heavy atom. The summed E-state index contributed by atoms with van der Waals surface area (Å²) < 4.78 is 31.8. The first kappa shape index (κ1) is 5.71. The van der Waals surface area contributed by atoms with E-state index in [-0.39, 0.29) is 0 Å². The second kappa shape index (κ2) is 1.44. The molecular formula is CH4F3N2+.